The van der Waals surface area contributed by atoms with Crippen molar-refractivity contribution in [3.8, 4) is 0 Å². The molecule has 1 aliphatic carbocycles. The Morgan fingerprint density at radius 2 is 1.83 bits per heavy atom. The van der Waals surface area contributed by atoms with E-state index in [2.05, 4.69) is 31.7 Å². The number of azide groups is 2. The van der Waals surface area contributed by atoms with Crippen molar-refractivity contribution >= 4 is 0 Å². The molecule has 1 aliphatic rings. The van der Waals surface area contributed by atoms with Crippen molar-refractivity contribution < 1.29 is 24.9 Å². The molecule has 0 aliphatic heterocycles. The van der Waals surface area contributed by atoms with Gasteiger partial charge in [-0.1, -0.05) is 0 Å². The van der Waals surface area contributed by atoms with Crippen molar-refractivity contribution in [2.45, 2.75) is 22.8 Å². The van der Waals surface area contributed by atoms with Crippen LogP contribution < -0.4 is 0 Å². The van der Waals surface area contributed by atoms with Crippen LogP contribution in [0.5, 0.6) is 0 Å². The second-order valence-electron chi connectivity index (χ2n) is 5.01. The molecule has 1 aromatic carbocycles. The van der Waals surface area contributed by atoms with Crippen LogP contribution in [0.3, 0.4) is 0 Å². The number of hydrogen-bond donors (Lipinski definition) is 0. The summed E-state index contributed by atoms with van der Waals surface area (Å²) in [6, 6.07) is 9.80. The van der Waals surface area contributed by atoms with E-state index in [4.69, 9.17) is 11.1 Å². The molecule has 0 spiro atoms. The van der Waals surface area contributed by atoms with E-state index < -0.39 is 30.4 Å². The fourth-order valence-corrected chi connectivity index (χ4v) is 10.7. The number of nitrogens with zero attached hydrogens (tertiary/aromatic N) is 6. The molecule has 0 unspecified atom stereocenters. The summed E-state index contributed by atoms with van der Waals surface area (Å²) in [5, 5.41) is 4.08. The van der Waals surface area contributed by atoms with E-state index in [1.54, 1.807) is 0 Å². The zero-order valence-electron chi connectivity index (χ0n) is 10.4. The molecule has 1 saturated carbocycles. The molecule has 2 rings (SSSR count). The third-order valence-corrected chi connectivity index (χ3v) is 12.8. The molecular formula is C11H12HgN6. The van der Waals surface area contributed by atoms with Gasteiger partial charge in [-0.3, -0.25) is 0 Å². The van der Waals surface area contributed by atoms with E-state index >= 15 is 0 Å². The average Bonchev–Trinajstić information content (AvgIpc) is 2.85. The Bertz CT molecular complexity index is 544. The Balaban J connectivity index is 2.47. The Morgan fingerprint density at radius 3 is 2.39 bits per heavy atom. The van der Waals surface area contributed by atoms with Gasteiger partial charge in [0.2, 0.25) is 0 Å². The predicted octanol–water partition coefficient (Wildman–Crippen LogP) is 4.33. The Hall–Kier alpha value is -1.22. The second-order valence-corrected chi connectivity index (χ2v) is 10.7. The third kappa shape index (κ3) is 1.77. The number of rotatable bonds is 4. The van der Waals surface area contributed by atoms with Gasteiger partial charge >= 0.3 is 118 Å². The van der Waals surface area contributed by atoms with E-state index in [0.29, 0.717) is 0 Å². The minimum atomic E-state index is -1.76. The third-order valence-electron chi connectivity index (χ3n) is 4.02. The van der Waals surface area contributed by atoms with Crippen molar-refractivity contribution in [2.24, 2.45) is 13.4 Å². The van der Waals surface area contributed by atoms with Crippen LogP contribution in [0.15, 0.2) is 38.3 Å². The van der Waals surface area contributed by atoms with Gasteiger partial charge in [0, 0.05) is 0 Å². The normalized spacial score (nSPS) is 27.3. The van der Waals surface area contributed by atoms with E-state index in [1.165, 1.54) is 0 Å². The topological polar surface area (TPSA) is 97.5 Å². The standard InChI is InChI=1S/C11H12N3.Hg.N3/c1-10(2)8-11(10,13-14-12)9-6-4-3-5-7-9;;1-3-2/h3-8H,1-2H3;;/q;+1;-1/t11-;;/m1../s1. The summed E-state index contributed by atoms with van der Waals surface area (Å²) >= 11 is -1.76. The molecule has 0 bridgehead atoms. The summed E-state index contributed by atoms with van der Waals surface area (Å²) in [5.74, 6) is 0. The molecule has 1 fully saturated rings. The number of hydrogen-bond acceptors (Lipinski definition) is 2. The summed E-state index contributed by atoms with van der Waals surface area (Å²) in [4.78, 5) is 5.92. The van der Waals surface area contributed by atoms with Crippen molar-refractivity contribution in [1.82, 2.24) is 0 Å². The Morgan fingerprint density at radius 1 is 1.17 bits per heavy atom. The van der Waals surface area contributed by atoms with Crippen LogP contribution >= 0.6 is 0 Å². The summed E-state index contributed by atoms with van der Waals surface area (Å²) < 4.78 is 4.12. The van der Waals surface area contributed by atoms with Gasteiger partial charge in [0.1, 0.15) is 0 Å². The number of benzene rings is 1. The average molecular weight is 429 g/mol. The Labute approximate surface area is 118 Å². The summed E-state index contributed by atoms with van der Waals surface area (Å²) in [6.45, 7) is 4.18. The molecule has 0 heterocycles. The molecule has 0 aromatic heterocycles. The van der Waals surface area contributed by atoms with Gasteiger partial charge in [0.15, 0.2) is 0 Å². The van der Waals surface area contributed by atoms with E-state index in [1.807, 2.05) is 30.3 Å². The zero-order valence-corrected chi connectivity index (χ0v) is 15.9. The van der Waals surface area contributed by atoms with E-state index in [0.717, 1.165) is 5.56 Å². The summed E-state index contributed by atoms with van der Waals surface area (Å²) in [7, 11) is 0. The first-order valence-electron chi connectivity index (χ1n) is 5.74. The van der Waals surface area contributed by atoms with E-state index in [-0.39, 0.29) is 8.84 Å². The fraction of sp³-hybridized carbons (Fsp3) is 0.455. The van der Waals surface area contributed by atoms with Crippen molar-refractivity contribution in [2.75, 3.05) is 0 Å². The molecule has 1 aromatic rings. The van der Waals surface area contributed by atoms with Gasteiger partial charge in [-0.15, -0.1) is 0 Å². The Kier molecular flexibility index (Phi) is 3.53. The van der Waals surface area contributed by atoms with Crippen LogP contribution in [0.2, 0.25) is 3.43 Å². The first-order chi connectivity index (χ1) is 8.61. The molecule has 18 heavy (non-hydrogen) atoms. The minimum absolute atomic E-state index is 0.101. The van der Waals surface area contributed by atoms with Crippen LogP contribution in [-0.2, 0) is 30.4 Å². The monoisotopic (exact) mass is 430 g/mol. The summed E-state index contributed by atoms with van der Waals surface area (Å²) in [6.07, 6.45) is 0. The van der Waals surface area contributed by atoms with Crippen molar-refractivity contribution in [1.29, 1.82) is 0 Å². The molecule has 0 radical (unpaired) electrons. The van der Waals surface area contributed by atoms with Gasteiger partial charge in [-0.25, -0.2) is 0 Å². The quantitative estimate of drug-likeness (QED) is 0.295. The maximum absolute atomic E-state index is 8.86. The molecule has 7 heteroatoms. The predicted molar refractivity (Wildman–Crippen MR) is 63.9 cm³/mol. The molecule has 0 N–H and O–H groups in total. The van der Waals surface area contributed by atoms with Crippen molar-refractivity contribution in [3.63, 3.8) is 0 Å². The molecule has 0 amide bonds. The van der Waals surface area contributed by atoms with Gasteiger partial charge < -0.3 is 0 Å². The van der Waals surface area contributed by atoms with E-state index in [9.17, 15) is 0 Å². The van der Waals surface area contributed by atoms with Crippen molar-refractivity contribution in [3.05, 3.63) is 56.8 Å². The van der Waals surface area contributed by atoms with Crippen LogP contribution in [0.4, 0.5) is 0 Å². The first kappa shape index (κ1) is 13.2. The summed E-state index contributed by atoms with van der Waals surface area (Å²) in [5.41, 5.74) is 17.8. The van der Waals surface area contributed by atoms with Gasteiger partial charge in [0.25, 0.3) is 0 Å². The molecule has 88 valence electrons. The molecular weight excluding hydrogens is 417 g/mol. The van der Waals surface area contributed by atoms with Crippen LogP contribution in [0.1, 0.15) is 19.4 Å². The SMILES string of the molecule is CC1(C)[C@H]([Hg][N]=[N+]=[N-])[C@@]1(N=[N+]=[N-])c1ccccc1. The zero-order chi connectivity index (χ0) is 13.2. The van der Waals surface area contributed by atoms with Crippen LogP contribution in [-0.4, -0.2) is 0 Å². The molecule has 2 atom stereocenters. The van der Waals surface area contributed by atoms with Crippen LogP contribution in [0.25, 0.3) is 20.9 Å². The molecule has 0 saturated heterocycles. The molecule has 6 nitrogen and oxygen atoms in total. The van der Waals surface area contributed by atoms with Gasteiger partial charge in [-0.2, -0.15) is 0 Å². The first-order valence-corrected chi connectivity index (χ1v) is 11.4. The van der Waals surface area contributed by atoms with Crippen LogP contribution in [0, 0.1) is 5.41 Å². The van der Waals surface area contributed by atoms with Gasteiger partial charge in [0.05, 0.1) is 0 Å². The van der Waals surface area contributed by atoms with Gasteiger partial charge in [-0.05, 0) is 0 Å². The fourth-order valence-electron chi connectivity index (χ4n) is 2.92. The second kappa shape index (κ2) is 4.80. The maximum atomic E-state index is 8.86.